The fourth-order valence-corrected chi connectivity index (χ4v) is 17.9. The molecule has 5 aliphatic rings. The van der Waals surface area contributed by atoms with Crippen LogP contribution in [0.15, 0.2) is 266 Å². The second-order valence-corrected chi connectivity index (χ2v) is 32.0. The van der Waals surface area contributed by atoms with Gasteiger partial charge < -0.3 is 71.1 Å². The van der Waals surface area contributed by atoms with Crippen molar-refractivity contribution in [2.45, 2.75) is 163 Å². The van der Waals surface area contributed by atoms with Crippen molar-refractivity contribution in [2.24, 2.45) is 0 Å². The van der Waals surface area contributed by atoms with Crippen LogP contribution in [0, 0.1) is 34.6 Å². The van der Waals surface area contributed by atoms with Crippen molar-refractivity contribution in [3.05, 3.63) is 272 Å². The van der Waals surface area contributed by atoms with Crippen LogP contribution >= 0.6 is 0 Å². The monoisotopic (exact) mass is 1830 g/mol. The molecule has 0 saturated heterocycles. The lowest BCUT2D eigenvalue weighted by atomic mass is 10.1. The summed E-state index contributed by atoms with van der Waals surface area (Å²) in [5, 5.41) is 9.73. The molecule has 0 N–H and O–H groups in total. The van der Waals surface area contributed by atoms with Crippen LogP contribution < -0.4 is 49.0 Å². The number of furan rings is 5. The number of fused-ring (bicyclic) bond motifs is 20. The van der Waals surface area contributed by atoms with Crippen molar-refractivity contribution in [3.63, 3.8) is 0 Å². The van der Waals surface area contributed by atoms with E-state index < -0.39 is 38.9 Å². The summed E-state index contributed by atoms with van der Waals surface area (Å²) in [4.78, 5) is 62.7. The Kier molecular flexibility index (Phi) is 23.6. The number of aromatic nitrogens is 10. The highest BCUT2D eigenvalue weighted by Gasteiger charge is 2.38. The number of benzene rings is 5. The minimum Gasteiger partial charge on any atom is -0.435 e. The highest BCUT2D eigenvalue weighted by atomic mass is 16.4. The van der Waals surface area contributed by atoms with Crippen LogP contribution in [0.2, 0.25) is 0 Å². The largest absolute Gasteiger partial charge is 0.435 e. The molecule has 0 amide bonds. The van der Waals surface area contributed by atoms with E-state index in [4.69, 9.17) is 38.5 Å². The van der Waals surface area contributed by atoms with Crippen LogP contribution in [-0.2, 0) is 0 Å². The van der Waals surface area contributed by atoms with Crippen LogP contribution in [0.4, 0.5) is 86.0 Å². The number of anilines is 15. The molecule has 0 spiro atoms. The zero-order valence-corrected chi connectivity index (χ0v) is 80.6. The first-order chi connectivity index (χ1) is 71.0. The third-order valence-corrected chi connectivity index (χ3v) is 23.8. The molecule has 1 unspecified atom stereocenters. The van der Waals surface area contributed by atoms with Crippen LogP contribution in [0.3, 0.4) is 0 Å². The van der Waals surface area contributed by atoms with Gasteiger partial charge in [-0.15, -0.1) is 0 Å². The number of nitrogens with zero attached hydrogens (tertiary/aromatic N) is 20. The zero-order valence-electron chi connectivity index (χ0n) is 92.6. The lowest BCUT2D eigenvalue weighted by Gasteiger charge is -2.25. The van der Waals surface area contributed by atoms with E-state index in [0.717, 1.165) is 150 Å². The van der Waals surface area contributed by atoms with Crippen LogP contribution in [0.5, 0.6) is 0 Å². The van der Waals surface area contributed by atoms with Gasteiger partial charge in [-0.1, -0.05) is 130 Å². The molecule has 5 aromatic carbocycles. The summed E-state index contributed by atoms with van der Waals surface area (Å²) in [5.41, 5.74) is 20.1. The minimum absolute atomic E-state index is 0.174. The molecule has 25 nitrogen and oxygen atoms in total. The van der Waals surface area contributed by atoms with E-state index in [0.29, 0.717) is 87.5 Å². The molecule has 136 heavy (non-hydrogen) atoms. The van der Waals surface area contributed by atoms with E-state index in [1.165, 1.54) is 16.7 Å². The van der Waals surface area contributed by atoms with E-state index in [1.807, 2.05) is 271 Å². The van der Waals surface area contributed by atoms with Gasteiger partial charge in [0.25, 0.3) is 0 Å². The van der Waals surface area contributed by atoms with Gasteiger partial charge in [-0.3, -0.25) is 0 Å². The van der Waals surface area contributed by atoms with E-state index in [9.17, 15) is 0 Å². The molecule has 0 bridgehead atoms. The van der Waals surface area contributed by atoms with Crippen molar-refractivity contribution in [1.29, 1.82) is 0 Å². The van der Waals surface area contributed by atoms with Gasteiger partial charge in [0.15, 0.2) is 57.0 Å². The Labute approximate surface area is 812 Å². The van der Waals surface area contributed by atoms with Crippen molar-refractivity contribution < 1.29 is 38.5 Å². The predicted octanol–water partition coefficient (Wildman–Crippen LogP) is 28.6. The maximum Gasteiger partial charge on any atom is 0.227 e. The van der Waals surface area contributed by atoms with Gasteiger partial charge in [0.05, 0.1) is 94.3 Å². The maximum absolute atomic E-state index is 8.64. The van der Waals surface area contributed by atoms with Crippen molar-refractivity contribution in [1.82, 2.24) is 49.8 Å². The standard InChI is InChI=1S/3C21H20N4O.2C19H16N4O.5C2H6/c1-13(2)24-12-25(17-7-5-10-22-20(17)24)18-14(3)8-9-15-16-6-4-11-23-21(16)26-19(15)18;2*1-13(2)24-12-25(20-17(24)7-5-10-22-20)18-14(3)8-9-15-16-6-4-11-23-21(16)26-19(15)18;1-12-7-8-13-14-5-3-10-21-19(14)24-17(13)16(12)23-11-22(2)18-15(23)6-4-9-20-18;1-12-7-8-13-14-5-3-10-21-19(14)24-17(13)16(12)23-11-22(2)15-6-4-9-20-18(15)23;5*1-2/h3*4-11,13H,12H2,1-3H3;2*3-10H,11H2,1-2H3;5*1-2H3/i13D;1D3,13D;13D;2*2D3;;;;;. The molecule has 20 aromatic rings. The Morgan fingerprint density at radius 1 is 0.243 bits per heavy atom. The molecule has 0 saturated carbocycles. The Morgan fingerprint density at radius 2 is 0.485 bits per heavy atom. The summed E-state index contributed by atoms with van der Waals surface area (Å²) in [6.07, 6.45) is 17.1. The van der Waals surface area contributed by atoms with Gasteiger partial charge in [-0.05, 0) is 225 Å². The summed E-state index contributed by atoms with van der Waals surface area (Å²) in [5.74, 6) is 3.33. The summed E-state index contributed by atoms with van der Waals surface area (Å²) in [7, 11) is 0. The molecule has 25 rings (SSSR count). The van der Waals surface area contributed by atoms with Crippen molar-refractivity contribution in [2.75, 3.05) is 96.3 Å². The topological polar surface area (TPSA) is 227 Å². The molecule has 0 radical (unpaired) electrons. The number of hydrogen-bond acceptors (Lipinski definition) is 25. The average Bonchev–Trinajstić information content (AvgIpc) is 1.63. The normalized spacial score (nSPS) is 15.3. The molecule has 25 heteroatoms. The zero-order chi connectivity index (χ0) is 106. The van der Waals surface area contributed by atoms with Gasteiger partial charge in [-0.2, -0.15) is 0 Å². The van der Waals surface area contributed by atoms with Crippen LogP contribution in [0.1, 0.15) is 155 Å². The molecule has 20 heterocycles. The van der Waals surface area contributed by atoms with E-state index in [1.54, 1.807) is 91.1 Å². The van der Waals surface area contributed by atoms with Crippen LogP contribution in [-0.4, -0.2) is 115 Å². The number of pyridine rings is 10. The van der Waals surface area contributed by atoms with E-state index in [-0.39, 0.29) is 20.0 Å². The minimum atomic E-state index is -2.50. The Balaban J connectivity index is 0.000000129. The Bertz CT molecular complexity index is 7470. The van der Waals surface area contributed by atoms with Crippen LogP contribution in [0.25, 0.3) is 110 Å². The molecule has 0 aliphatic carbocycles. The second kappa shape index (κ2) is 40.6. The van der Waals surface area contributed by atoms with E-state index >= 15 is 0 Å². The number of hydrogen-bond donors (Lipinski definition) is 0. The molecule has 5 aliphatic heterocycles. The summed E-state index contributed by atoms with van der Waals surface area (Å²) in [6.45, 7) is 33.7. The molecule has 15 aromatic heterocycles. The van der Waals surface area contributed by atoms with Crippen molar-refractivity contribution >= 4 is 196 Å². The molecule has 0 fully saturated rings. The number of rotatable bonds is 8. The lowest BCUT2D eigenvalue weighted by Crippen LogP contribution is -2.34. The van der Waals surface area contributed by atoms with Gasteiger partial charge in [0.1, 0.15) is 0 Å². The third kappa shape index (κ3) is 16.9. The third-order valence-electron chi connectivity index (χ3n) is 23.8. The highest BCUT2D eigenvalue weighted by Crippen LogP contribution is 2.52. The first kappa shape index (κ1) is 79.2. The fraction of sp³-hybridized carbons (Fsp3) is 0.279. The first-order valence-corrected chi connectivity index (χ1v) is 46.4. The first-order valence-electron chi connectivity index (χ1n) is 52.4. The SMILES string of the molecule is CC.CC.CC.CC.CC.[2H]C(C)(C)N1CN(c2c(C)ccc3c2oc2ncccc23)c2cccnc21.[2H]C(C)(C)N1CN(c2c(C)ccc3c2oc2ncccc23)c2ncccc21.[2H]C([2H])([2H])C([2H])(C)N1CN(c2c(C)ccc3c2oc2ncccc23)c2ncccc21.[2H]C([2H])([2H])N1CN(c2c(C)ccc3c2oc2ncccc23)c2cccnc21.[2H]C([2H])([2H])N1CN(c2c(C)ccc3c2oc2ncccc23)c2ncccc21. The fourth-order valence-electron chi connectivity index (χ4n) is 17.9. The van der Waals surface area contributed by atoms with Gasteiger partial charge >= 0.3 is 0 Å². The van der Waals surface area contributed by atoms with Gasteiger partial charge in [-0.25, -0.2) is 49.8 Å². The van der Waals surface area contributed by atoms with Gasteiger partial charge in [0, 0.05) is 160 Å². The maximum atomic E-state index is 8.64. The number of aryl methyl sites for hydroxylation is 5. The molecule has 696 valence electrons. The lowest BCUT2D eigenvalue weighted by molar-refractivity contribution is 0.650. The highest BCUT2D eigenvalue weighted by molar-refractivity contribution is 6.15. The smallest absolute Gasteiger partial charge is 0.227 e. The van der Waals surface area contributed by atoms with Gasteiger partial charge in [0.2, 0.25) is 28.6 Å². The van der Waals surface area contributed by atoms with E-state index in [2.05, 4.69) is 103 Å². The summed E-state index contributed by atoms with van der Waals surface area (Å²) < 4.78 is 127. The average molecular weight is 1830 g/mol. The summed E-state index contributed by atoms with van der Waals surface area (Å²) >= 11 is 0. The quantitative estimate of drug-likeness (QED) is 0.138. The second-order valence-electron chi connectivity index (χ2n) is 32.0. The molecular weight excluding hydrogens is 1690 g/mol. The van der Waals surface area contributed by atoms with Crippen molar-refractivity contribution in [3.8, 4) is 0 Å². The Morgan fingerprint density at radius 3 is 0.809 bits per heavy atom. The molecular formula is C111H122N20O5. The molecule has 1 atom stereocenters. The Hall–Kier alpha value is -15.4. The summed E-state index contributed by atoms with van der Waals surface area (Å²) in [6, 6.07) is 55.3. The predicted molar refractivity (Wildman–Crippen MR) is 564 cm³/mol.